The van der Waals surface area contributed by atoms with Gasteiger partial charge in [0, 0.05) is 12.1 Å². The molecule has 0 spiro atoms. The average Bonchev–Trinajstić information content (AvgIpc) is 2.73. The number of rotatable bonds is 5. The fourth-order valence-electron chi connectivity index (χ4n) is 2.05. The Labute approximate surface area is 129 Å². The van der Waals surface area contributed by atoms with E-state index in [4.69, 9.17) is 0 Å². The molecule has 2 rings (SSSR count). The molecule has 2 aromatic rings. The van der Waals surface area contributed by atoms with Crippen molar-refractivity contribution in [2.75, 3.05) is 5.75 Å². The van der Waals surface area contributed by atoms with Crippen molar-refractivity contribution in [2.24, 2.45) is 0 Å². The molecule has 0 saturated heterocycles. The predicted molar refractivity (Wildman–Crippen MR) is 88.5 cm³/mol. The Hall–Kier alpha value is -1.75. The van der Waals surface area contributed by atoms with Crippen LogP contribution >= 0.6 is 11.8 Å². The van der Waals surface area contributed by atoms with Crippen LogP contribution < -0.4 is 5.32 Å². The number of hydrogen-bond donors (Lipinski definition) is 1. The van der Waals surface area contributed by atoms with E-state index in [0.29, 0.717) is 12.3 Å². The second-order valence-electron chi connectivity index (χ2n) is 5.87. The third-order valence-electron chi connectivity index (χ3n) is 2.78. The number of benzene rings is 1. The Kier molecular flexibility index (Phi) is 4.73. The lowest BCUT2D eigenvalue weighted by molar-refractivity contribution is -0.119. The van der Waals surface area contributed by atoms with E-state index in [1.165, 1.54) is 11.8 Å². The molecule has 0 bridgehead atoms. The zero-order valence-electron chi connectivity index (χ0n) is 12.7. The number of para-hydroxylation sites is 2. The summed E-state index contributed by atoms with van der Waals surface area (Å²) >= 11 is 1.45. The van der Waals surface area contributed by atoms with Crippen LogP contribution in [0.2, 0.25) is 0 Å². The number of fused-ring (bicyclic) bond motifs is 1. The Balaban J connectivity index is 2.16. The van der Waals surface area contributed by atoms with Crippen LogP contribution in [-0.4, -0.2) is 26.8 Å². The van der Waals surface area contributed by atoms with Crippen LogP contribution in [0.3, 0.4) is 0 Å². The first-order valence-electron chi connectivity index (χ1n) is 6.90. The van der Waals surface area contributed by atoms with Crippen molar-refractivity contribution in [1.82, 2.24) is 14.9 Å². The van der Waals surface area contributed by atoms with Gasteiger partial charge in [0.25, 0.3) is 0 Å². The number of amides is 1. The summed E-state index contributed by atoms with van der Waals surface area (Å²) in [6.45, 7) is 10.4. The SMILES string of the molecule is C=CCn1c(SCC(=O)NC(C)(C)C)nc2ccccc21. The third-order valence-corrected chi connectivity index (χ3v) is 3.75. The summed E-state index contributed by atoms with van der Waals surface area (Å²) in [7, 11) is 0. The normalized spacial score (nSPS) is 11.6. The molecule has 5 heteroatoms. The molecule has 0 aliphatic rings. The van der Waals surface area contributed by atoms with Crippen molar-refractivity contribution in [3.8, 4) is 0 Å². The molecule has 0 aliphatic carbocycles. The molecular formula is C16H21N3OS. The third kappa shape index (κ3) is 4.11. The maximum atomic E-state index is 11.9. The fraction of sp³-hybridized carbons (Fsp3) is 0.375. The van der Waals surface area contributed by atoms with E-state index < -0.39 is 0 Å². The fourth-order valence-corrected chi connectivity index (χ4v) is 2.88. The van der Waals surface area contributed by atoms with Gasteiger partial charge in [-0.25, -0.2) is 4.98 Å². The maximum absolute atomic E-state index is 11.9. The number of imidazole rings is 1. The van der Waals surface area contributed by atoms with Crippen molar-refractivity contribution in [2.45, 2.75) is 38.0 Å². The molecule has 0 unspecified atom stereocenters. The largest absolute Gasteiger partial charge is 0.351 e. The number of thioether (sulfide) groups is 1. The Bertz CT molecular complexity index is 655. The minimum atomic E-state index is -0.209. The predicted octanol–water partition coefficient (Wildman–Crippen LogP) is 3.23. The molecule has 0 aliphatic heterocycles. The van der Waals surface area contributed by atoms with Crippen LogP contribution in [0.1, 0.15) is 20.8 Å². The van der Waals surface area contributed by atoms with Crippen LogP contribution in [0.4, 0.5) is 0 Å². The van der Waals surface area contributed by atoms with E-state index in [2.05, 4.69) is 21.4 Å². The zero-order valence-corrected chi connectivity index (χ0v) is 13.5. The number of nitrogens with one attached hydrogen (secondary N) is 1. The lowest BCUT2D eigenvalue weighted by Gasteiger charge is -2.20. The van der Waals surface area contributed by atoms with Gasteiger partial charge in [-0.1, -0.05) is 30.0 Å². The molecule has 1 aromatic heterocycles. The van der Waals surface area contributed by atoms with Crippen molar-refractivity contribution in [3.63, 3.8) is 0 Å². The van der Waals surface area contributed by atoms with Gasteiger partial charge in [-0.3, -0.25) is 4.79 Å². The van der Waals surface area contributed by atoms with Crippen LogP contribution in [0.5, 0.6) is 0 Å². The molecule has 1 amide bonds. The van der Waals surface area contributed by atoms with Crippen molar-refractivity contribution in [3.05, 3.63) is 36.9 Å². The minimum absolute atomic E-state index is 0.0182. The topological polar surface area (TPSA) is 46.9 Å². The highest BCUT2D eigenvalue weighted by Crippen LogP contribution is 2.24. The Morgan fingerprint density at radius 1 is 1.43 bits per heavy atom. The number of allylic oxidation sites excluding steroid dienone is 1. The summed E-state index contributed by atoms with van der Waals surface area (Å²) in [5, 5.41) is 3.81. The molecular weight excluding hydrogens is 282 g/mol. The van der Waals surface area contributed by atoms with Gasteiger partial charge < -0.3 is 9.88 Å². The van der Waals surface area contributed by atoms with E-state index in [1.54, 1.807) is 0 Å². The standard InChI is InChI=1S/C16H21N3OS/c1-5-10-19-13-9-7-6-8-12(13)17-15(19)21-11-14(20)18-16(2,3)4/h5-9H,1,10-11H2,2-4H3,(H,18,20). The van der Waals surface area contributed by atoms with E-state index in [9.17, 15) is 4.79 Å². The van der Waals surface area contributed by atoms with Gasteiger partial charge in [0.2, 0.25) is 5.91 Å². The smallest absolute Gasteiger partial charge is 0.230 e. The first kappa shape index (κ1) is 15.6. The summed E-state index contributed by atoms with van der Waals surface area (Å²) in [6, 6.07) is 7.97. The maximum Gasteiger partial charge on any atom is 0.230 e. The highest BCUT2D eigenvalue weighted by atomic mass is 32.2. The van der Waals surface area contributed by atoms with Gasteiger partial charge in [0.1, 0.15) is 0 Å². The van der Waals surface area contributed by atoms with Crippen molar-refractivity contribution in [1.29, 1.82) is 0 Å². The van der Waals surface area contributed by atoms with Crippen molar-refractivity contribution >= 4 is 28.7 Å². The summed E-state index contributed by atoms with van der Waals surface area (Å²) in [4.78, 5) is 16.5. The first-order chi connectivity index (χ1) is 9.90. The quantitative estimate of drug-likeness (QED) is 0.681. The van der Waals surface area contributed by atoms with Crippen LogP contribution in [0, 0.1) is 0 Å². The monoisotopic (exact) mass is 303 g/mol. The van der Waals surface area contributed by atoms with E-state index in [-0.39, 0.29) is 11.4 Å². The molecule has 0 fully saturated rings. The molecule has 4 nitrogen and oxygen atoms in total. The van der Waals surface area contributed by atoms with E-state index in [0.717, 1.165) is 16.2 Å². The summed E-state index contributed by atoms with van der Waals surface area (Å²) in [5.74, 6) is 0.377. The molecule has 1 aromatic carbocycles. The van der Waals surface area contributed by atoms with Gasteiger partial charge in [-0.05, 0) is 32.9 Å². The number of nitrogens with zero attached hydrogens (tertiary/aromatic N) is 2. The van der Waals surface area contributed by atoms with Gasteiger partial charge in [-0.15, -0.1) is 6.58 Å². The molecule has 0 atom stereocenters. The minimum Gasteiger partial charge on any atom is -0.351 e. The van der Waals surface area contributed by atoms with Gasteiger partial charge in [0.15, 0.2) is 5.16 Å². The van der Waals surface area contributed by atoms with Crippen LogP contribution in [0.25, 0.3) is 11.0 Å². The van der Waals surface area contributed by atoms with E-state index >= 15 is 0 Å². The Morgan fingerprint density at radius 2 is 2.14 bits per heavy atom. The van der Waals surface area contributed by atoms with Gasteiger partial charge in [-0.2, -0.15) is 0 Å². The van der Waals surface area contributed by atoms with Crippen LogP contribution in [-0.2, 0) is 11.3 Å². The van der Waals surface area contributed by atoms with E-state index in [1.807, 2.05) is 51.1 Å². The van der Waals surface area contributed by atoms with Gasteiger partial charge >= 0.3 is 0 Å². The number of carbonyl (C=O) groups is 1. The highest BCUT2D eigenvalue weighted by Gasteiger charge is 2.16. The number of aromatic nitrogens is 2. The second kappa shape index (κ2) is 6.35. The van der Waals surface area contributed by atoms with Gasteiger partial charge in [0.05, 0.1) is 16.8 Å². The molecule has 1 N–H and O–H groups in total. The average molecular weight is 303 g/mol. The summed E-state index contributed by atoms with van der Waals surface area (Å²) in [5.41, 5.74) is 1.80. The first-order valence-corrected chi connectivity index (χ1v) is 7.89. The molecule has 0 saturated carbocycles. The van der Waals surface area contributed by atoms with Crippen molar-refractivity contribution < 1.29 is 4.79 Å². The zero-order chi connectivity index (χ0) is 15.5. The molecule has 1 heterocycles. The van der Waals surface area contributed by atoms with Crippen LogP contribution in [0.15, 0.2) is 42.1 Å². The lowest BCUT2D eigenvalue weighted by Crippen LogP contribution is -2.41. The summed E-state index contributed by atoms with van der Waals surface area (Å²) < 4.78 is 2.08. The number of carbonyl (C=O) groups excluding carboxylic acids is 1. The number of hydrogen-bond acceptors (Lipinski definition) is 3. The highest BCUT2D eigenvalue weighted by molar-refractivity contribution is 7.99. The molecule has 21 heavy (non-hydrogen) atoms. The molecule has 0 radical (unpaired) electrons. The lowest BCUT2D eigenvalue weighted by atomic mass is 10.1. The summed E-state index contributed by atoms with van der Waals surface area (Å²) in [6.07, 6.45) is 1.84. The molecule has 112 valence electrons. The Morgan fingerprint density at radius 3 is 2.81 bits per heavy atom. The second-order valence-corrected chi connectivity index (χ2v) is 6.81.